The van der Waals surface area contributed by atoms with Crippen LogP contribution in [0.1, 0.15) is 10.4 Å². The fraction of sp³-hybridized carbons (Fsp3) is 0.0667. The molecule has 22 heavy (non-hydrogen) atoms. The van der Waals surface area contributed by atoms with Gasteiger partial charge in [0.15, 0.2) is 5.13 Å². The van der Waals surface area contributed by atoms with Crippen LogP contribution < -0.4 is 10.1 Å². The number of rotatable bonds is 3. The SMILES string of the molecule is COc1cccc2sc(NC(=O)c3ccc(Br)cc3F)nc12. The molecule has 1 N–H and O–H groups in total. The largest absolute Gasteiger partial charge is 0.494 e. The smallest absolute Gasteiger partial charge is 0.260 e. The van der Waals surface area contributed by atoms with E-state index >= 15 is 0 Å². The molecule has 0 aliphatic heterocycles. The Morgan fingerprint density at radius 2 is 2.18 bits per heavy atom. The number of hydrogen-bond acceptors (Lipinski definition) is 4. The maximum absolute atomic E-state index is 13.8. The van der Waals surface area contributed by atoms with Gasteiger partial charge in [0.25, 0.3) is 5.91 Å². The Labute approximate surface area is 138 Å². The molecule has 0 unspecified atom stereocenters. The number of benzene rings is 2. The summed E-state index contributed by atoms with van der Waals surface area (Å²) in [4.78, 5) is 16.5. The molecular formula is C15H10BrFN2O2S. The van der Waals surface area contributed by atoms with Crippen molar-refractivity contribution in [3.05, 3.63) is 52.3 Å². The van der Waals surface area contributed by atoms with Crippen molar-refractivity contribution in [3.8, 4) is 5.75 Å². The van der Waals surface area contributed by atoms with Gasteiger partial charge in [-0.25, -0.2) is 9.37 Å². The van der Waals surface area contributed by atoms with Crippen LogP contribution in [0.4, 0.5) is 9.52 Å². The minimum Gasteiger partial charge on any atom is -0.494 e. The van der Waals surface area contributed by atoms with Gasteiger partial charge in [-0.15, -0.1) is 0 Å². The Hall–Kier alpha value is -1.99. The van der Waals surface area contributed by atoms with Crippen molar-refractivity contribution < 1.29 is 13.9 Å². The van der Waals surface area contributed by atoms with E-state index in [1.165, 1.54) is 23.5 Å². The zero-order chi connectivity index (χ0) is 15.7. The van der Waals surface area contributed by atoms with Crippen LogP contribution in [0, 0.1) is 5.82 Å². The van der Waals surface area contributed by atoms with Crippen molar-refractivity contribution in [3.63, 3.8) is 0 Å². The van der Waals surface area contributed by atoms with Crippen LogP contribution in [0.25, 0.3) is 10.2 Å². The highest BCUT2D eigenvalue weighted by atomic mass is 79.9. The van der Waals surface area contributed by atoms with E-state index in [0.29, 0.717) is 20.9 Å². The molecule has 7 heteroatoms. The Kier molecular flexibility index (Phi) is 4.08. The van der Waals surface area contributed by atoms with Crippen LogP contribution in [0.15, 0.2) is 40.9 Å². The molecule has 2 aromatic carbocycles. The highest BCUT2D eigenvalue weighted by molar-refractivity contribution is 9.10. The second kappa shape index (κ2) is 6.02. The molecule has 0 bridgehead atoms. The number of nitrogens with one attached hydrogen (secondary N) is 1. The number of methoxy groups -OCH3 is 1. The summed E-state index contributed by atoms with van der Waals surface area (Å²) in [5, 5.41) is 3.01. The van der Waals surface area contributed by atoms with Crippen molar-refractivity contribution >= 4 is 48.5 Å². The molecule has 112 valence electrons. The molecule has 0 saturated carbocycles. The second-order valence-corrected chi connectivity index (χ2v) is 6.35. The minimum absolute atomic E-state index is 0.0329. The van der Waals surface area contributed by atoms with Crippen LogP contribution >= 0.6 is 27.3 Å². The van der Waals surface area contributed by atoms with E-state index in [-0.39, 0.29) is 5.56 Å². The van der Waals surface area contributed by atoms with Crippen molar-refractivity contribution in [2.75, 3.05) is 12.4 Å². The van der Waals surface area contributed by atoms with Gasteiger partial charge in [-0.3, -0.25) is 10.1 Å². The number of aromatic nitrogens is 1. The molecule has 0 fully saturated rings. The first-order valence-corrected chi connectivity index (χ1v) is 7.89. The Bertz CT molecular complexity index is 866. The van der Waals surface area contributed by atoms with Gasteiger partial charge in [0, 0.05) is 4.47 Å². The summed E-state index contributed by atoms with van der Waals surface area (Å²) in [6.45, 7) is 0. The summed E-state index contributed by atoms with van der Waals surface area (Å²) in [6.07, 6.45) is 0. The number of amides is 1. The molecule has 3 aromatic rings. The normalized spacial score (nSPS) is 10.7. The summed E-state index contributed by atoms with van der Waals surface area (Å²) >= 11 is 4.46. The summed E-state index contributed by atoms with van der Waals surface area (Å²) in [5.41, 5.74) is 0.635. The fourth-order valence-corrected chi connectivity index (χ4v) is 3.19. The lowest BCUT2D eigenvalue weighted by Crippen LogP contribution is -2.13. The third-order valence-electron chi connectivity index (χ3n) is 3.00. The molecule has 1 aromatic heterocycles. The fourth-order valence-electron chi connectivity index (χ4n) is 1.98. The third-order valence-corrected chi connectivity index (χ3v) is 4.43. The number of nitrogens with zero attached hydrogens (tertiary/aromatic N) is 1. The summed E-state index contributed by atoms with van der Waals surface area (Å²) < 4.78 is 20.5. The van der Waals surface area contributed by atoms with Gasteiger partial charge in [-0.05, 0) is 30.3 Å². The highest BCUT2D eigenvalue weighted by Crippen LogP contribution is 2.32. The molecular weight excluding hydrogens is 371 g/mol. The van der Waals surface area contributed by atoms with Crippen LogP contribution in [0.2, 0.25) is 0 Å². The molecule has 0 atom stereocenters. The Balaban J connectivity index is 1.91. The van der Waals surface area contributed by atoms with Crippen LogP contribution in [-0.2, 0) is 0 Å². The van der Waals surface area contributed by atoms with Crippen LogP contribution in [-0.4, -0.2) is 18.0 Å². The Morgan fingerprint density at radius 3 is 2.91 bits per heavy atom. The minimum atomic E-state index is -0.592. The molecule has 0 aliphatic carbocycles. The number of ether oxygens (including phenoxy) is 1. The lowest BCUT2D eigenvalue weighted by atomic mass is 10.2. The van der Waals surface area contributed by atoms with Crippen molar-refractivity contribution in [1.82, 2.24) is 4.98 Å². The second-order valence-electron chi connectivity index (χ2n) is 4.40. The van der Waals surface area contributed by atoms with Gasteiger partial charge in [0.05, 0.1) is 17.4 Å². The predicted octanol–water partition coefficient (Wildman–Crippen LogP) is 4.46. The summed E-state index contributed by atoms with van der Waals surface area (Å²) in [5.74, 6) is -0.502. The molecule has 3 rings (SSSR count). The molecule has 0 spiro atoms. The lowest BCUT2D eigenvalue weighted by molar-refractivity contribution is 0.102. The zero-order valence-electron chi connectivity index (χ0n) is 11.4. The predicted molar refractivity (Wildman–Crippen MR) is 88.2 cm³/mol. The molecule has 0 radical (unpaired) electrons. The Morgan fingerprint density at radius 1 is 1.36 bits per heavy atom. The topological polar surface area (TPSA) is 51.2 Å². The van der Waals surface area contributed by atoms with Crippen molar-refractivity contribution in [1.29, 1.82) is 0 Å². The maximum Gasteiger partial charge on any atom is 0.260 e. The summed E-state index contributed by atoms with van der Waals surface area (Å²) in [7, 11) is 1.56. The van der Waals surface area contributed by atoms with Gasteiger partial charge in [-0.1, -0.05) is 33.3 Å². The van der Waals surface area contributed by atoms with Crippen molar-refractivity contribution in [2.24, 2.45) is 0 Å². The highest BCUT2D eigenvalue weighted by Gasteiger charge is 2.15. The maximum atomic E-state index is 13.8. The first kappa shape index (κ1) is 14.9. The van der Waals surface area contributed by atoms with Gasteiger partial charge in [0.1, 0.15) is 17.1 Å². The third kappa shape index (κ3) is 2.82. The number of carbonyl (C=O) groups excluding carboxylic acids is 1. The van der Waals surface area contributed by atoms with Crippen LogP contribution in [0.3, 0.4) is 0 Å². The van der Waals surface area contributed by atoms with Gasteiger partial charge < -0.3 is 4.74 Å². The monoisotopic (exact) mass is 380 g/mol. The number of thiazole rings is 1. The lowest BCUT2D eigenvalue weighted by Gasteiger charge is -2.03. The number of carbonyl (C=O) groups is 1. The van der Waals surface area contributed by atoms with E-state index in [1.54, 1.807) is 19.2 Å². The van der Waals surface area contributed by atoms with E-state index in [9.17, 15) is 9.18 Å². The first-order chi connectivity index (χ1) is 10.6. The molecule has 0 aliphatic rings. The van der Waals surface area contributed by atoms with E-state index in [0.717, 1.165) is 4.70 Å². The van der Waals surface area contributed by atoms with Gasteiger partial charge >= 0.3 is 0 Å². The molecule has 1 amide bonds. The average Bonchev–Trinajstić information content (AvgIpc) is 2.89. The van der Waals surface area contributed by atoms with E-state index in [4.69, 9.17) is 4.74 Å². The number of halogens is 2. The quantitative estimate of drug-likeness (QED) is 0.729. The standard InChI is InChI=1S/C15H10BrFN2O2S/c1-21-11-3-2-4-12-13(11)18-15(22-12)19-14(20)9-6-5-8(16)7-10(9)17/h2-7H,1H3,(H,18,19,20). The van der Waals surface area contributed by atoms with Crippen molar-refractivity contribution in [2.45, 2.75) is 0 Å². The summed E-state index contributed by atoms with van der Waals surface area (Å²) in [6, 6.07) is 9.80. The number of fused-ring (bicyclic) bond motifs is 1. The van der Waals surface area contributed by atoms with E-state index < -0.39 is 11.7 Å². The molecule has 0 saturated heterocycles. The number of anilines is 1. The van der Waals surface area contributed by atoms with Gasteiger partial charge in [0.2, 0.25) is 0 Å². The molecule has 1 heterocycles. The first-order valence-electron chi connectivity index (χ1n) is 6.28. The molecule has 4 nitrogen and oxygen atoms in total. The van der Waals surface area contributed by atoms with Gasteiger partial charge in [-0.2, -0.15) is 0 Å². The van der Waals surface area contributed by atoms with Crippen LogP contribution in [0.5, 0.6) is 5.75 Å². The number of para-hydroxylation sites is 1. The average molecular weight is 381 g/mol. The van der Waals surface area contributed by atoms with E-state index in [1.807, 2.05) is 12.1 Å². The number of hydrogen-bond donors (Lipinski definition) is 1. The van der Waals surface area contributed by atoms with E-state index in [2.05, 4.69) is 26.2 Å². The zero-order valence-corrected chi connectivity index (χ0v) is 13.8.